The maximum atomic E-state index is 6.60. The molecular formula is C17H25NOS. The first-order valence-corrected chi connectivity index (χ1v) is 8.79. The average Bonchev–Trinajstić information content (AvgIpc) is 2.85. The van der Waals surface area contributed by atoms with E-state index in [4.69, 9.17) is 10.5 Å². The van der Waals surface area contributed by atoms with E-state index in [0.717, 1.165) is 25.2 Å². The number of hydrogen-bond donors (Lipinski definition) is 1. The van der Waals surface area contributed by atoms with Crippen molar-refractivity contribution in [3.63, 3.8) is 0 Å². The van der Waals surface area contributed by atoms with Gasteiger partial charge in [0.05, 0.1) is 5.60 Å². The van der Waals surface area contributed by atoms with Gasteiger partial charge in [0.1, 0.15) is 0 Å². The van der Waals surface area contributed by atoms with Crippen LogP contribution in [0.5, 0.6) is 0 Å². The van der Waals surface area contributed by atoms with Crippen LogP contribution < -0.4 is 5.73 Å². The van der Waals surface area contributed by atoms with Crippen molar-refractivity contribution in [2.45, 2.75) is 44.8 Å². The zero-order chi connectivity index (χ0) is 14.2. The van der Waals surface area contributed by atoms with Crippen molar-refractivity contribution in [2.75, 3.05) is 18.1 Å². The van der Waals surface area contributed by atoms with Crippen molar-refractivity contribution in [2.24, 2.45) is 11.7 Å². The van der Waals surface area contributed by atoms with Crippen molar-refractivity contribution in [3.8, 4) is 0 Å². The normalized spacial score (nSPS) is 31.6. The highest BCUT2D eigenvalue weighted by Gasteiger charge is 2.42. The number of nitrogens with two attached hydrogens (primary N) is 1. The monoisotopic (exact) mass is 291 g/mol. The fourth-order valence-corrected chi connectivity index (χ4v) is 5.09. The van der Waals surface area contributed by atoms with E-state index in [1.807, 2.05) is 11.8 Å². The minimum absolute atomic E-state index is 0.129. The average molecular weight is 291 g/mol. The van der Waals surface area contributed by atoms with E-state index in [1.54, 1.807) is 0 Å². The van der Waals surface area contributed by atoms with Gasteiger partial charge in [-0.3, -0.25) is 0 Å². The Hall–Kier alpha value is -0.510. The second-order valence-corrected chi connectivity index (χ2v) is 7.64. The van der Waals surface area contributed by atoms with Gasteiger partial charge in [-0.2, -0.15) is 11.8 Å². The lowest BCUT2D eigenvalue weighted by Gasteiger charge is -2.40. The molecule has 110 valence electrons. The number of aryl methyl sites for hydroxylation is 2. The van der Waals surface area contributed by atoms with Crippen LogP contribution in [-0.4, -0.2) is 23.7 Å². The van der Waals surface area contributed by atoms with Crippen molar-refractivity contribution in [1.82, 2.24) is 0 Å². The predicted molar refractivity (Wildman–Crippen MR) is 86.2 cm³/mol. The summed E-state index contributed by atoms with van der Waals surface area (Å²) in [5.74, 6) is 2.96. The molecule has 2 aliphatic heterocycles. The highest BCUT2D eigenvalue weighted by molar-refractivity contribution is 7.99. The number of ether oxygens (including phenoxy) is 1. The highest BCUT2D eigenvalue weighted by Crippen LogP contribution is 2.43. The molecule has 20 heavy (non-hydrogen) atoms. The van der Waals surface area contributed by atoms with Crippen molar-refractivity contribution in [1.29, 1.82) is 0 Å². The quantitative estimate of drug-likeness (QED) is 0.904. The summed E-state index contributed by atoms with van der Waals surface area (Å²) >= 11 is 2.03. The van der Waals surface area contributed by atoms with Gasteiger partial charge < -0.3 is 10.5 Å². The van der Waals surface area contributed by atoms with E-state index in [1.165, 1.54) is 28.9 Å². The lowest BCUT2D eigenvalue weighted by atomic mass is 9.79. The molecule has 0 aromatic heterocycles. The second-order valence-electron chi connectivity index (χ2n) is 6.53. The van der Waals surface area contributed by atoms with Crippen LogP contribution in [0, 0.1) is 19.8 Å². The Balaban J connectivity index is 1.77. The molecule has 2 aliphatic rings. The number of benzene rings is 1. The summed E-state index contributed by atoms with van der Waals surface area (Å²) in [6.45, 7) is 5.19. The molecule has 2 N–H and O–H groups in total. The topological polar surface area (TPSA) is 35.2 Å². The SMILES string of the molecule is Cc1cc(C)cc(C(N)C2CCOC3(CCSC3)C2)c1. The van der Waals surface area contributed by atoms with E-state index in [-0.39, 0.29) is 11.6 Å². The summed E-state index contributed by atoms with van der Waals surface area (Å²) in [7, 11) is 0. The van der Waals surface area contributed by atoms with E-state index >= 15 is 0 Å². The Kier molecular flexibility index (Phi) is 4.11. The van der Waals surface area contributed by atoms with Gasteiger partial charge in [0.2, 0.25) is 0 Å². The molecule has 0 saturated carbocycles. The molecule has 2 saturated heterocycles. The molecular weight excluding hydrogens is 266 g/mol. The Bertz CT molecular complexity index is 462. The van der Waals surface area contributed by atoms with Crippen molar-refractivity contribution in [3.05, 3.63) is 34.9 Å². The first-order valence-electron chi connectivity index (χ1n) is 7.63. The van der Waals surface area contributed by atoms with Crippen molar-refractivity contribution >= 4 is 11.8 Å². The third-order valence-electron chi connectivity index (χ3n) is 4.73. The van der Waals surface area contributed by atoms with E-state index < -0.39 is 0 Å². The number of thioether (sulfide) groups is 1. The number of hydrogen-bond acceptors (Lipinski definition) is 3. The zero-order valence-corrected chi connectivity index (χ0v) is 13.3. The molecule has 1 spiro atoms. The maximum Gasteiger partial charge on any atom is 0.0783 e. The minimum Gasteiger partial charge on any atom is -0.374 e. The summed E-state index contributed by atoms with van der Waals surface area (Å²) < 4.78 is 6.11. The molecule has 1 aromatic carbocycles. The second kappa shape index (κ2) is 5.70. The van der Waals surface area contributed by atoms with E-state index in [0.29, 0.717) is 5.92 Å². The molecule has 2 nitrogen and oxygen atoms in total. The van der Waals surface area contributed by atoms with Crippen LogP contribution in [0.15, 0.2) is 18.2 Å². The molecule has 3 rings (SSSR count). The fourth-order valence-electron chi connectivity index (χ4n) is 3.71. The van der Waals surface area contributed by atoms with Crippen LogP contribution in [-0.2, 0) is 4.74 Å². The zero-order valence-electron chi connectivity index (χ0n) is 12.5. The Morgan fingerprint density at radius 3 is 2.70 bits per heavy atom. The molecule has 3 atom stereocenters. The van der Waals surface area contributed by atoms with Crippen LogP contribution in [0.4, 0.5) is 0 Å². The lowest BCUT2D eigenvalue weighted by molar-refractivity contribution is -0.0834. The van der Waals surface area contributed by atoms with E-state index in [2.05, 4.69) is 32.0 Å². The minimum atomic E-state index is 0.129. The van der Waals surface area contributed by atoms with Crippen LogP contribution in [0.2, 0.25) is 0 Å². The van der Waals surface area contributed by atoms with Gasteiger partial charge in [-0.05, 0) is 50.3 Å². The van der Waals surface area contributed by atoms with Gasteiger partial charge in [0.15, 0.2) is 0 Å². The van der Waals surface area contributed by atoms with Gasteiger partial charge in [0, 0.05) is 18.4 Å². The fraction of sp³-hybridized carbons (Fsp3) is 0.647. The molecule has 0 bridgehead atoms. The van der Waals surface area contributed by atoms with Crippen LogP contribution in [0.1, 0.15) is 42.0 Å². The van der Waals surface area contributed by atoms with Gasteiger partial charge in [0.25, 0.3) is 0 Å². The van der Waals surface area contributed by atoms with E-state index in [9.17, 15) is 0 Å². The third kappa shape index (κ3) is 2.90. The maximum absolute atomic E-state index is 6.60. The van der Waals surface area contributed by atoms with Gasteiger partial charge in [-0.15, -0.1) is 0 Å². The standard InChI is InChI=1S/C17H25NOS/c1-12-7-13(2)9-15(8-12)16(18)14-3-5-19-17(10-14)4-6-20-11-17/h7-9,14,16H,3-6,10-11,18H2,1-2H3. The summed E-state index contributed by atoms with van der Waals surface area (Å²) in [6, 6.07) is 6.88. The van der Waals surface area contributed by atoms with Crippen LogP contribution in [0.3, 0.4) is 0 Å². The lowest BCUT2D eigenvalue weighted by Crippen LogP contribution is -2.42. The summed E-state index contributed by atoms with van der Waals surface area (Å²) in [6.07, 6.45) is 3.43. The van der Waals surface area contributed by atoms with Gasteiger partial charge in [-0.25, -0.2) is 0 Å². The highest BCUT2D eigenvalue weighted by atomic mass is 32.2. The first-order chi connectivity index (χ1) is 9.58. The Labute approximate surface area is 126 Å². The molecule has 3 unspecified atom stereocenters. The van der Waals surface area contributed by atoms with Crippen LogP contribution in [0.25, 0.3) is 0 Å². The third-order valence-corrected chi connectivity index (χ3v) is 5.96. The molecule has 2 fully saturated rings. The summed E-state index contributed by atoms with van der Waals surface area (Å²) in [5.41, 5.74) is 10.7. The first kappa shape index (κ1) is 14.4. The number of rotatable bonds is 2. The Morgan fingerprint density at radius 1 is 1.30 bits per heavy atom. The van der Waals surface area contributed by atoms with Gasteiger partial charge >= 0.3 is 0 Å². The molecule has 0 radical (unpaired) electrons. The molecule has 1 aromatic rings. The smallest absolute Gasteiger partial charge is 0.0783 e. The predicted octanol–water partition coefficient (Wildman–Crippen LogP) is 3.61. The summed E-state index contributed by atoms with van der Waals surface area (Å²) in [5, 5.41) is 0. The van der Waals surface area contributed by atoms with Gasteiger partial charge in [-0.1, -0.05) is 29.3 Å². The molecule has 3 heteroatoms. The molecule has 0 aliphatic carbocycles. The largest absolute Gasteiger partial charge is 0.374 e. The summed E-state index contributed by atoms with van der Waals surface area (Å²) in [4.78, 5) is 0. The molecule has 2 heterocycles. The molecule has 0 amide bonds. The van der Waals surface area contributed by atoms with Crippen LogP contribution >= 0.6 is 11.8 Å². The van der Waals surface area contributed by atoms with Crippen molar-refractivity contribution < 1.29 is 4.74 Å². The Morgan fingerprint density at radius 2 is 2.05 bits per heavy atom.